The average molecular weight is 406 g/mol. The number of halogens is 3. The summed E-state index contributed by atoms with van der Waals surface area (Å²) in [6.07, 6.45) is -0.252. The molecule has 1 atom stereocenters. The highest BCUT2D eigenvalue weighted by Crippen LogP contribution is 2.36. The number of nitrogens with zero attached hydrogens (tertiary/aromatic N) is 4. The van der Waals surface area contributed by atoms with Crippen LogP contribution in [0.25, 0.3) is 11.5 Å². The van der Waals surface area contributed by atoms with E-state index < -0.39 is 12.0 Å². The highest BCUT2D eigenvalue weighted by atomic mass is 19.4. The number of aromatic nitrogens is 3. The van der Waals surface area contributed by atoms with Gasteiger partial charge < -0.3 is 18.7 Å². The van der Waals surface area contributed by atoms with Crippen LogP contribution in [0.2, 0.25) is 0 Å². The van der Waals surface area contributed by atoms with E-state index in [1.165, 1.54) is 36.9 Å². The third-order valence-corrected chi connectivity index (χ3v) is 4.09. The molecule has 29 heavy (non-hydrogen) atoms. The SMILES string of the molecule is C[C@]1(c2ccc(OC(F)(F)F)cc2)CC(Oc2cncc(-c3nnco3)c2)=NO1. The van der Waals surface area contributed by atoms with Crippen LogP contribution in [0.5, 0.6) is 11.5 Å². The summed E-state index contributed by atoms with van der Waals surface area (Å²) in [5.41, 5.74) is 0.290. The standard InChI is InChI=1S/C18H13F3N4O4/c1-17(12-2-4-13(5-3-12)28-18(19,20)21)7-15(25-29-17)27-14-6-11(8-22-9-14)16-24-23-10-26-16/h2-6,8-10H,7H2,1H3/t17-/m1/s1. The van der Waals surface area contributed by atoms with Crippen molar-refractivity contribution in [3.63, 3.8) is 0 Å². The van der Waals surface area contributed by atoms with Crippen LogP contribution >= 0.6 is 0 Å². The van der Waals surface area contributed by atoms with Crippen LogP contribution in [-0.4, -0.2) is 27.4 Å². The minimum atomic E-state index is -4.75. The molecule has 11 heteroatoms. The Morgan fingerprint density at radius 3 is 2.59 bits per heavy atom. The molecule has 1 aromatic carbocycles. The second kappa shape index (κ2) is 7.08. The van der Waals surface area contributed by atoms with Gasteiger partial charge in [0.05, 0.1) is 18.2 Å². The predicted octanol–water partition coefficient (Wildman–Crippen LogP) is 4.06. The second-order valence-corrected chi connectivity index (χ2v) is 6.31. The molecule has 150 valence electrons. The third kappa shape index (κ3) is 4.28. The number of hydrogen-bond acceptors (Lipinski definition) is 8. The summed E-state index contributed by atoms with van der Waals surface area (Å²) in [5, 5.41) is 11.4. The second-order valence-electron chi connectivity index (χ2n) is 6.31. The maximum Gasteiger partial charge on any atom is 0.573 e. The molecule has 0 saturated carbocycles. The van der Waals surface area contributed by atoms with Gasteiger partial charge in [-0.2, -0.15) is 0 Å². The fraction of sp³-hybridized carbons (Fsp3) is 0.222. The molecule has 3 aromatic rings. The first-order valence-electron chi connectivity index (χ1n) is 8.31. The Labute approximate surface area is 161 Å². The van der Waals surface area contributed by atoms with Gasteiger partial charge in [-0.05, 0) is 30.7 Å². The van der Waals surface area contributed by atoms with Crippen LogP contribution < -0.4 is 9.47 Å². The largest absolute Gasteiger partial charge is 0.573 e. The first-order chi connectivity index (χ1) is 13.8. The van der Waals surface area contributed by atoms with Crippen LogP contribution in [0.1, 0.15) is 18.9 Å². The van der Waals surface area contributed by atoms with Crippen LogP contribution in [0.4, 0.5) is 13.2 Å². The summed E-state index contributed by atoms with van der Waals surface area (Å²) < 4.78 is 51.6. The summed E-state index contributed by atoms with van der Waals surface area (Å²) in [7, 11) is 0. The molecular formula is C18H13F3N4O4. The van der Waals surface area contributed by atoms with Crippen molar-refractivity contribution in [3.8, 4) is 23.0 Å². The number of ether oxygens (including phenoxy) is 2. The lowest BCUT2D eigenvalue weighted by atomic mass is 9.93. The van der Waals surface area contributed by atoms with Gasteiger partial charge in [-0.3, -0.25) is 4.98 Å². The van der Waals surface area contributed by atoms with Crippen molar-refractivity contribution in [1.82, 2.24) is 15.2 Å². The van der Waals surface area contributed by atoms with Gasteiger partial charge in [-0.25, -0.2) is 0 Å². The van der Waals surface area contributed by atoms with Crippen LogP contribution in [0, 0.1) is 0 Å². The fourth-order valence-corrected chi connectivity index (χ4v) is 2.75. The fourth-order valence-electron chi connectivity index (χ4n) is 2.75. The molecule has 1 aliphatic heterocycles. The molecule has 0 spiro atoms. The lowest BCUT2D eigenvalue weighted by Gasteiger charge is -2.21. The van der Waals surface area contributed by atoms with Gasteiger partial charge in [0.25, 0.3) is 0 Å². The zero-order chi connectivity index (χ0) is 20.5. The Morgan fingerprint density at radius 2 is 1.90 bits per heavy atom. The van der Waals surface area contributed by atoms with E-state index in [1.54, 1.807) is 19.2 Å². The Bertz CT molecular complexity index is 1020. The monoisotopic (exact) mass is 406 g/mol. The average Bonchev–Trinajstić information content (AvgIpc) is 3.32. The van der Waals surface area contributed by atoms with Crippen LogP contribution in [-0.2, 0) is 10.4 Å². The first kappa shape index (κ1) is 18.7. The molecule has 3 heterocycles. The van der Waals surface area contributed by atoms with Gasteiger partial charge in [-0.15, -0.1) is 23.4 Å². The van der Waals surface area contributed by atoms with Gasteiger partial charge in [0, 0.05) is 6.20 Å². The molecule has 2 aromatic heterocycles. The lowest BCUT2D eigenvalue weighted by Crippen LogP contribution is -2.23. The van der Waals surface area contributed by atoms with Gasteiger partial charge in [-0.1, -0.05) is 17.3 Å². The maximum atomic E-state index is 12.3. The van der Waals surface area contributed by atoms with Crippen molar-refractivity contribution in [3.05, 3.63) is 54.7 Å². The molecule has 1 aliphatic rings. The summed E-state index contributed by atoms with van der Waals surface area (Å²) in [6, 6.07) is 7.05. The topological polar surface area (TPSA) is 91.9 Å². The molecule has 0 bridgehead atoms. The zero-order valence-corrected chi connectivity index (χ0v) is 14.9. The van der Waals surface area contributed by atoms with Gasteiger partial charge >= 0.3 is 6.36 Å². The Kier molecular flexibility index (Phi) is 4.57. The minimum absolute atomic E-state index is 0.261. The summed E-state index contributed by atoms with van der Waals surface area (Å²) in [5.74, 6) is 0.650. The van der Waals surface area contributed by atoms with E-state index in [0.29, 0.717) is 22.8 Å². The smallest absolute Gasteiger partial charge is 0.438 e. The summed E-state index contributed by atoms with van der Waals surface area (Å²) in [4.78, 5) is 9.55. The molecule has 8 nitrogen and oxygen atoms in total. The summed E-state index contributed by atoms with van der Waals surface area (Å²) in [6.45, 7) is 1.75. The first-order valence-corrected chi connectivity index (χ1v) is 8.31. The van der Waals surface area contributed by atoms with Crippen molar-refractivity contribution in [2.45, 2.75) is 25.3 Å². The van der Waals surface area contributed by atoms with Crippen molar-refractivity contribution >= 4 is 5.90 Å². The number of pyridine rings is 1. The zero-order valence-electron chi connectivity index (χ0n) is 14.9. The maximum absolute atomic E-state index is 12.3. The van der Waals surface area contributed by atoms with E-state index in [2.05, 4.69) is 25.1 Å². The molecule has 4 rings (SSSR count). The van der Waals surface area contributed by atoms with Crippen LogP contribution in [0.3, 0.4) is 0 Å². The van der Waals surface area contributed by atoms with Crippen molar-refractivity contribution in [2.75, 3.05) is 0 Å². The molecule has 0 aliphatic carbocycles. The predicted molar refractivity (Wildman–Crippen MR) is 91.8 cm³/mol. The molecule has 0 N–H and O–H groups in total. The number of benzene rings is 1. The van der Waals surface area contributed by atoms with Gasteiger partial charge in [0.1, 0.15) is 11.5 Å². The highest BCUT2D eigenvalue weighted by molar-refractivity contribution is 5.80. The summed E-state index contributed by atoms with van der Waals surface area (Å²) >= 11 is 0. The molecule has 0 fully saturated rings. The van der Waals surface area contributed by atoms with Crippen molar-refractivity contribution in [1.29, 1.82) is 0 Å². The van der Waals surface area contributed by atoms with E-state index in [4.69, 9.17) is 14.0 Å². The highest BCUT2D eigenvalue weighted by Gasteiger charge is 2.38. The molecule has 0 amide bonds. The van der Waals surface area contributed by atoms with E-state index in [9.17, 15) is 13.2 Å². The van der Waals surface area contributed by atoms with Gasteiger partial charge in [0.2, 0.25) is 18.2 Å². The van der Waals surface area contributed by atoms with Crippen molar-refractivity contribution < 1.29 is 31.9 Å². The van der Waals surface area contributed by atoms with E-state index in [0.717, 1.165) is 0 Å². The minimum Gasteiger partial charge on any atom is -0.438 e. The normalized spacial score (nSPS) is 18.8. The lowest BCUT2D eigenvalue weighted by molar-refractivity contribution is -0.274. The third-order valence-electron chi connectivity index (χ3n) is 4.09. The molecular weight excluding hydrogens is 393 g/mol. The Balaban J connectivity index is 1.44. The molecule has 0 unspecified atom stereocenters. The van der Waals surface area contributed by atoms with E-state index in [1.807, 2.05) is 0 Å². The molecule has 0 radical (unpaired) electrons. The number of alkyl halides is 3. The van der Waals surface area contributed by atoms with Gasteiger partial charge in [0.15, 0.2) is 5.60 Å². The van der Waals surface area contributed by atoms with Crippen molar-refractivity contribution in [2.24, 2.45) is 5.16 Å². The molecule has 0 saturated heterocycles. The Morgan fingerprint density at radius 1 is 1.10 bits per heavy atom. The number of rotatable bonds is 4. The van der Waals surface area contributed by atoms with E-state index in [-0.39, 0.29) is 18.1 Å². The van der Waals surface area contributed by atoms with Crippen LogP contribution in [0.15, 0.2) is 58.7 Å². The number of hydrogen-bond donors (Lipinski definition) is 0. The Hall–Kier alpha value is -3.63. The van der Waals surface area contributed by atoms with E-state index >= 15 is 0 Å². The number of oxime groups is 1. The quantitative estimate of drug-likeness (QED) is 0.645.